The number of carbonyl (C=O) groups excluding carboxylic acids is 3. The highest BCUT2D eigenvalue weighted by Crippen LogP contribution is 2.35. The lowest BCUT2D eigenvalue weighted by Gasteiger charge is -2.33. The van der Waals surface area contributed by atoms with Crippen molar-refractivity contribution in [3.05, 3.63) is 53.6 Å². The Hall–Kier alpha value is -3.59. The van der Waals surface area contributed by atoms with Crippen LogP contribution in [0.3, 0.4) is 0 Å². The van der Waals surface area contributed by atoms with E-state index in [1.165, 1.54) is 4.90 Å². The summed E-state index contributed by atoms with van der Waals surface area (Å²) >= 11 is 0. The minimum absolute atomic E-state index is 0.0390. The summed E-state index contributed by atoms with van der Waals surface area (Å²) in [5.74, 6) is 0.896. The van der Waals surface area contributed by atoms with E-state index in [1.807, 2.05) is 38.1 Å². The van der Waals surface area contributed by atoms with Crippen molar-refractivity contribution in [1.29, 1.82) is 0 Å². The number of nitrogens with one attached hydrogen (secondary N) is 2. The molecular formula is C26H30N4O5. The molecule has 0 bridgehead atoms. The van der Waals surface area contributed by atoms with Gasteiger partial charge in [-0.3, -0.25) is 14.5 Å². The van der Waals surface area contributed by atoms with Crippen LogP contribution in [-0.4, -0.2) is 54.2 Å². The minimum atomic E-state index is -1.03. The van der Waals surface area contributed by atoms with Crippen LogP contribution in [0.15, 0.2) is 42.5 Å². The molecular weight excluding hydrogens is 448 g/mol. The van der Waals surface area contributed by atoms with Crippen LogP contribution < -0.4 is 20.1 Å². The Balaban J connectivity index is 1.18. The van der Waals surface area contributed by atoms with Crippen molar-refractivity contribution in [1.82, 2.24) is 15.1 Å². The van der Waals surface area contributed by atoms with E-state index >= 15 is 0 Å². The summed E-state index contributed by atoms with van der Waals surface area (Å²) in [6.45, 7) is 5.55. The van der Waals surface area contributed by atoms with Crippen molar-refractivity contribution in [2.75, 3.05) is 31.9 Å². The molecule has 3 heterocycles. The number of nitrogens with zero attached hydrogens (tertiary/aromatic N) is 2. The average molecular weight is 479 g/mol. The molecule has 9 nitrogen and oxygen atoms in total. The number of piperidine rings is 1. The number of hydrogen-bond acceptors (Lipinski definition) is 6. The van der Waals surface area contributed by atoms with Crippen molar-refractivity contribution in [3.8, 4) is 11.5 Å². The SMILES string of the molecule is CCC1(c2ccc(C)cc2)NC(=O)N(CN2CCC(C(=O)Nc3ccc4c(c3)OCO4)CC2)C1=O. The molecule has 1 unspecified atom stereocenters. The first-order valence-electron chi connectivity index (χ1n) is 12.0. The van der Waals surface area contributed by atoms with Crippen LogP contribution in [0, 0.1) is 12.8 Å². The second-order valence-electron chi connectivity index (χ2n) is 9.38. The molecule has 35 heavy (non-hydrogen) atoms. The van der Waals surface area contributed by atoms with Gasteiger partial charge >= 0.3 is 6.03 Å². The van der Waals surface area contributed by atoms with Crippen LogP contribution in [0.5, 0.6) is 11.5 Å². The highest BCUT2D eigenvalue weighted by molar-refractivity contribution is 6.07. The second kappa shape index (κ2) is 9.22. The normalized spacial score (nSPS) is 22.4. The van der Waals surface area contributed by atoms with Crippen LogP contribution in [0.1, 0.15) is 37.3 Å². The van der Waals surface area contributed by atoms with Crippen LogP contribution in [-0.2, 0) is 15.1 Å². The van der Waals surface area contributed by atoms with Gasteiger partial charge in [0.15, 0.2) is 11.5 Å². The van der Waals surface area contributed by atoms with Gasteiger partial charge < -0.3 is 20.1 Å². The van der Waals surface area contributed by atoms with E-state index in [4.69, 9.17) is 9.47 Å². The zero-order valence-corrected chi connectivity index (χ0v) is 20.0. The van der Waals surface area contributed by atoms with Crippen LogP contribution in [0.2, 0.25) is 0 Å². The monoisotopic (exact) mass is 478 g/mol. The zero-order valence-electron chi connectivity index (χ0n) is 20.0. The van der Waals surface area contributed by atoms with Gasteiger partial charge in [-0.1, -0.05) is 36.8 Å². The third-order valence-corrected chi connectivity index (χ3v) is 7.19. The maximum Gasteiger partial charge on any atom is 0.326 e. The maximum absolute atomic E-state index is 13.4. The maximum atomic E-state index is 13.4. The predicted octanol–water partition coefficient (Wildman–Crippen LogP) is 3.19. The van der Waals surface area contributed by atoms with Crippen molar-refractivity contribution < 1.29 is 23.9 Å². The first-order chi connectivity index (χ1) is 16.9. The fraction of sp³-hybridized carbons (Fsp3) is 0.423. The second-order valence-corrected chi connectivity index (χ2v) is 9.38. The number of imide groups is 1. The third kappa shape index (κ3) is 4.32. The van der Waals surface area contributed by atoms with E-state index in [9.17, 15) is 14.4 Å². The van der Waals surface area contributed by atoms with E-state index in [1.54, 1.807) is 18.2 Å². The molecule has 2 fully saturated rings. The summed E-state index contributed by atoms with van der Waals surface area (Å²) in [7, 11) is 0. The fourth-order valence-corrected chi connectivity index (χ4v) is 4.99. The molecule has 0 aliphatic carbocycles. The number of rotatable bonds is 6. The van der Waals surface area contributed by atoms with E-state index in [0.29, 0.717) is 49.5 Å². The van der Waals surface area contributed by atoms with Crippen molar-refractivity contribution >= 4 is 23.5 Å². The highest BCUT2D eigenvalue weighted by Gasteiger charge is 2.51. The molecule has 2 N–H and O–H groups in total. The molecule has 3 aliphatic rings. The number of hydrogen-bond donors (Lipinski definition) is 2. The number of ether oxygens (including phenoxy) is 2. The standard InChI is InChI=1S/C26H30N4O5/c1-3-26(19-6-4-17(2)5-7-19)24(32)30(25(33)28-26)15-29-12-10-18(11-13-29)23(31)27-20-8-9-21-22(14-20)35-16-34-21/h4-9,14,18H,3,10-13,15-16H2,1-2H3,(H,27,31)(H,28,33). The molecule has 0 aromatic heterocycles. The topological polar surface area (TPSA) is 100 Å². The number of fused-ring (bicyclic) bond motifs is 1. The largest absolute Gasteiger partial charge is 0.454 e. The predicted molar refractivity (Wildman–Crippen MR) is 129 cm³/mol. The summed E-state index contributed by atoms with van der Waals surface area (Å²) in [5.41, 5.74) is 1.53. The van der Waals surface area contributed by atoms with Gasteiger partial charge in [-0.05, 0) is 43.9 Å². The molecule has 0 spiro atoms. The minimum Gasteiger partial charge on any atom is -0.454 e. The molecule has 0 radical (unpaired) electrons. The summed E-state index contributed by atoms with van der Waals surface area (Å²) in [4.78, 5) is 42.4. The van der Waals surface area contributed by atoms with Gasteiger partial charge in [0.1, 0.15) is 5.54 Å². The Labute approximate surface area is 204 Å². The summed E-state index contributed by atoms with van der Waals surface area (Å²) in [5, 5.41) is 5.90. The Morgan fingerprint density at radius 2 is 1.80 bits per heavy atom. The Kier molecular flexibility index (Phi) is 6.10. The molecule has 4 amide bonds. The molecule has 1 atom stereocenters. The van der Waals surface area contributed by atoms with Crippen LogP contribution in [0.25, 0.3) is 0 Å². The van der Waals surface area contributed by atoms with E-state index < -0.39 is 5.54 Å². The number of benzene rings is 2. The van der Waals surface area contributed by atoms with Gasteiger partial charge in [0.25, 0.3) is 5.91 Å². The molecule has 2 aromatic rings. The van der Waals surface area contributed by atoms with Gasteiger partial charge in [-0.2, -0.15) is 0 Å². The van der Waals surface area contributed by atoms with Gasteiger partial charge in [0, 0.05) is 30.8 Å². The van der Waals surface area contributed by atoms with Crippen LogP contribution in [0.4, 0.5) is 10.5 Å². The Morgan fingerprint density at radius 1 is 1.09 bits per heavy atom. The Bertz CT molecular complexity index is 1140. The molecule has 184 valence electrons. The summed E-state index contributed by atoms with van der Waals surface area (Å²) in [6, 6.07) is 12.7. The Morgan fingerprint density at radius 3 is 2.51 bits per heavy atom. The number of carbonyl (C=O) groups is 3. The van der Waals surface area contributed by atoms with E-state index in [-0.39, 0.29) is 37.2 Å². The molecule has 2 aromatic carbocycles. The average Bonchev–Trinajstić information content (AvgIpc) is 3.43. The van der Waals surface area contributed by atoms with Crippen LogP contribution >= 0.6 is 0 Å². The lowest BCUT2D eigenvalue weighted by atomic mass is 9.87. The third-order valence-electron chi connectivity index (χ3n) is 7.19. The van der Waals surface area contributed by atoms with Gasteiger partial charge in [0.2, 0.25) is 12.7 Å². The molecule has 5 rings (SSSR count). The van der Waals surface area contributed by atoms with Gasteiger partial charge in [0.05, 0.1) is 6.67 Å². The summed E-state index contributed by atoms with van der Waals surface area (Å²) in [6.07, 6.45) is 1.77. The zero-order chi connectivity index (χ0) is 24.6. The smallest absolute Gasteiger partial charge is 0.326 e. The summed E-state index contributed by atoms with van der Waals surface area (Å²) < 4.78 is 10.7. The van der Waals surface area contributed by atoms with E-state index in [0.717, 1.165) is 11.1 Å². The first kappa shape index (κ1) is 23.2. The molecule has 0 saturated carbocycles. The molecule has 3 aliphatic heterocycles. The van der Waals surface area contributed by atoms with Crippen molar-refractivity contribution in [2.45, 2.75) is 38.6 Å². The molecule has 2 saturated heterocycles. The van der Waals surface area contributed by atoms with E-state index in [2.05, 4.69) is 15.5 Å². The lowest BCUT2D eigenvalue weighted by Crippen LogP contribution is -2.47. The number of likely N-dealkylation sites (tertiary alicyclic amines) is 1. The fourth-order valence-electron chi connectivity index (χ4n) is 4.99. The van der Waals surface area contributed by atoms with Gasteiger partial charge in [-0.15, -0.1) is 0 Å². The first-order valence-corrected chi connectivity index (χ1v) is 12.0. The number of urea groups is 1. The van der Waals surface area contributed by atoms with Crippen molar-refractivity contribution in [3.63, 3.8) is 0 Å². The number of aryl methyl sites for hydroxylation is 1. The highest BCUT2D eigenvalue weighted by atomic mass is 16.7. The van der Waals surface area contributed by atoms with Gasteiger partial charge in [-0.25, -0.2) is 9.69 Å². The quantitative estimate of drug-likeness (QED) is 0.619. The number of anilines is 1. The number of amides is 4. The lowest BCUT2D eigenvalue weighted by molar-refractivity contribution is -0.134. The molecule has 9 heteroatoms. The van der Waals surface area contributed by atoms with Crippen molar-refractivity contribution in [2.24, 2.45) is 5.92 Å².